The molecule has 7 nitrogen and oxygen atoms in total. The van der Waals surface area contributed by atoms with E-state index in [9.17, 15) is 9.59 Å². The minimum absolute atomic E-state index is 0.0733. The summed E-state index contributed by atoms with van der Waals surface area (Å²) < 4.78 is 6.10. The lowest BCUT2D eigenvalue weighted by atomic mass is 9.89. The van der Waals surface area contributed by atoms with Crippen LogP contribution in [0.2, 0.25) is 0 Å². The van der Waals surface area contributed by atoms with Gasteiger partial charge in [-0.15, -0.1) is 0 Å². The number of carbonyl (C=O) groups is 2. The second kappa shape index (κ2) is 10.6. The zero-order valence-electron chi connectivity index (χ0n) is 19.4. The monoisotopic (exact) mass is 468 g/mol. The first kappa shape index (κ1) is 23.0. The largest absolute Gasteiger partial charge is 0.361 e. The van der Waals surface area contributed by atoms with Gasteiger partial charge in [0, 0.05) is 47.2 Å². The highest BCUT2D eigenvalue weighted by atomic mass is 16.5. The lowest BCUT2D eigenvalue weighted by Crippen LogP contribution is -2.54. The summed E-state index contributed by atoms with van der Waals surface area (Å²) in [7, 11) is 0. The van der Waals surface area contributed by atoms with Gasteiger partial charge in [-0.05, 0) is 67.1 Å². The number of pyridine rings is 1. The van der Waals surface area contributed by atoms with Crippen molar-refractivity contribution in [3.63, 3.8) is 0 Å². The molecule has 1 aliphatic rings. The number of ketones is 1. The zero-order chi connectivity index (χ0) is 24.0. The Morgan fingerprint density at radius 2 is 1.94 bits per heavy atom. The number of aromatic amines is 1. The third-order valence-corrected chi connectivity index (χ3v) is 6.48. The summed E-state index contributed by atoms with van der Waals surface area (Å²) in [6.07, 6.45) is 7.19. The molecule has 2 aromatic carbocycles. The minimum atomic E-state index is -0.405. The van der Waals surface area contributed by atoms with Gasteiger partial charge in [0.25, 0.3) is 5.91 Å². The van der Waals surface area contributed by atoms with Crippen molar-refractivity contribution in [2.24, 2.45) is 5.92 Å². The van der Waals surface area contributed by atoms with Crippen LogP contribution in [0.4, 0.5) is 0 Å². The summed E-state index contributed by atoms with van der Waals surface area (Å²) >= 11 is 0. The third-order valence-electron chi connectivity index (χ3n) is 6.48. The van der Waals surface area contributed by atoms with Gasteiger partial charge < -0.3 is 9.72 Å². The maximum Gasteiger partial charge on any atom is 0.265 e. The number of hydrazine groups is 1. The van der Waals surface area contributed by atoms with Gasteiger partial charge in [0.05, 0.1) is 0 Å². The highest BCUT2D eigenvalue weighted by molar-refractivity contribution is 5.98. The summed E-state index contributed by atoms with van der Waals surface area (Å²) in [5.74, 6) is 0.0644. The molecule has 0 spiro atoms. The highest BCUT2D eigenvalue weighted by Gasteiger charge is 2.31. The Bertz CT molecular complexity index is 1290. The van der Waals surface area contributed by atoms with E-state index in [1.54, 1.807) is 30.6 Å². The molecule has 4 aromatic rings. The van der Waals surface area contributed by atoms with Crippen molar-refractivity contribution in [1.82, 2.24) is 20.4 Å². The zero-order valence-corrected chi connectivity index (χ0v) is 19.4. The number of nitrogens with zero attached hydrogens (tertiary/aromatic N) is 2. The van der Waals surface area contributed by atoms with E-state index >= 15 is 0 Å². The topological polar surface area (TPSA) is 87.3 Å². The Labute approximate surface area is 204 Å². The van der Waals surface area contributed by atoms with Crippen LogP contribution in [0.25, 0.3) is 10.9 Å². The van der Waals surface area contributed by atoms with Crippen LogP contribution >= 0.6 is 0 Å². The molecule has 0 saturated carbocycles. The summed E-state index contributed by atoms with van der Waals surface area (Å²) in [6, 6.07) is 21.4. The number of H-pyrrole nitrogens is 1. The molecule has 2 unspecified atom stereocenters. The van der Waals surface area contributed by atoms with E-state index in [4.69, 9.17) is 4.74 Å². The second-order valence-electron chi connectivity index (χ2n) is 8.92. The fourth-order valence-corrected chi connectivity index (χ4v) is 4.59. The number of carbonyl (C=O) groups excluding carboxylic acids is 2. The smallest absolute Gasteiger partial charge is 0.265 e. The molecule has 2 aromatic heterocycles. The van der Waals surface area contributed by atoms with Crippen LogP contribution in [-0.2, 0) is 11.2 Å². The van der Waals surface area contributed by atoms with E-state index in [2.05, 4.69) is 27.5 Å². The minimum Gasteiger partial charge on any atom is -0.361 e. The van der Waals surface area contributed by atoms with Crippen LogP contribution < -0.4 is 5.43 Å². The average Bonchev–Trinajstić information content (AvgIpc) is 3.37. The molecule has 178 valence electrons. The van der Waals surface area contributed by atoms with Crippen LogP contribution in [-0.4, -0.2) is 46.0 Å². The van der Waals surface area contributed by atoms with E-state index in [1.165, 1.54) is 5.56 Å². The average molecular weight is 469 g/mol. The first-order valence-corrected chi connectivity index (χ1v) is 11.9. The van der Waals surface area contributed by atoms with Crippen LogP contribution in [0.15, 0.2) is 85.3 Å². The predicted octanol–water partition coefficient (Wildman–Crippen LogP) is 4.39. The first-order valence-electron chi connectivity index (χ1n) is 11.9. The Kier molecular flexibility index (Phi) is 6.97. The fraction of sp³-hybridized carbons (Fsp3) is 0.250. The summed E-state index contributed by atoms with van der Waals surface area (Å²) in [6.45, 7) is 0.567. The number of benzene rings is 2. The molecular formula is C28H28N4O3. The van der Waals surface area contributed by atoms with Crippen LogP contribution in [0.1, 0.15) is 39.1 Å². The molecule has 0 radical (unpaired) electrons. The van der Waals surface area contributed by atoms with Crippen molar-refractivity contribution < 1.29 is 14.3 Å². The van der Waals surface area contributed by atoms with Gasteiger partial charge in [0.15, 0.2) is 5.78 Å². The van der Waals surface area contributed by atoms with Crippen molar-refractivity contribution >= 4 is 22.6 Å². The van der Waals surface area contributed by atoms with Crippen LogP contribution in [0, 0.1) is 5.92 Å². The Morgan fingerprint density at radius 3 is 2.77 bits per heavy atom. The molecule has 1 amide bonds. The number of aromatic nitrogens is 2. The van der Waals surface area contributed by atoms with E-state index in [1.807, 2.05) is 47.6 Å². The second-order valence-corrected chi connectivity index (χ2v) is 8.92. The predicted molar refractivity (Wildman–Crippen MR) is 134 cm³/mol. The van der Waals surface area contributed by atoms with Gasteiger partial charge in [0.1, 0.15) is 12.8 Å². The number of hydrogen-bond donors (Lipinski definition) is 2. The van der Waals surface area contributed by atoms with Crippen LogP contribution in [0.5, 0.6) is 0 Å². The molecule has 35 heavy (non-hydrogen) atoms. The standard InChI is InChI=1S/C28H28N4O3/c33-26(24-7-4-12-29-18-24)19-35-27-16-21(15-20-5-2-1-3-6-20)11-14-32(27)31-28(34)23-8-9-25-22(17-23)10-13-30-25/h1-10,12-13,17-18,21,27,30H,11,14-16,19H2,(H,31,34). The molecule has 1 fully saturated rings. The van der Waals surface area contributed by atoms with Crippen molar-refractivity contribution in [2.45, 2.75) is 25.5 Å². The lowest BCUT2D eigenvalue weighted by molar-refractivity contribution is -0.103. The van der Waals surface area contributed by atoms with Crippen molar-refractivity contribution in [3.8, 4) is 0 Å². The number of nitrogens with one attached hydrogen (secondary N) is 2. The fourth-order valence-electron chi connectivity index (χ4n) is 4.59. The lowest BCUT2D eigenvalue weighted by Gasteiger charge is -2.39. The first-order chi connectivity index (χ1) is 17.2. The number of ether oxygens (including phenoxy) is 1. The SMILES string of the molecule is O=C(COC1CC(Cc2ccccc2)CCN1NC(=O)c1ccc2[nH]ccc2c1)c1cccnc1. The Hall–Kier alpha value is -3.81. The summed E-state index contributed by atoms with van der Waals surface area (Å²) in [4.78, 5) is 32.9. The van der Waals surface area contributed by atoms with Gasteiger partial charge >= 0.3 is 0 Å². The molecule has 2 atom stereocenters. The van der Waals surface area contributed by atoms with Crippen LogP contribution in [0.3, 0.4) is 0 Å². The maximum absolute atomic E-state index is 13.1. The summed E-state index contributed by atoms with van der Waals surface area (Å²) in [5.41, 5.74) is 6.38. The van der Waals surface area contributed by atoms with Gasteiger partial charge in [0.2, 0.25) is 0 Å². The van der Waals surface area contributed by atoms with Crippen molar-refractivity contribution in [2.75, 3.05) is 13.2 Å². The molecule has 1 aliphatic heterocycles. The molecular weight excluding hydrogens is 440 g/mol. The number of hydrogen-bond acceptors (Lipinski definition) is 5. The number of fused-ring (bicyclic) bond motifs is 1. The third kappa shape index (κ3) is 5.65. The Morgan fingerprint density at radius 1 is 1.06 bits per heavy atom. The van der Waals surface area contributed by atoms with Gasteiger partial charge in [-0.2, -0.15) is 5.01 Å². The molecule has 0 bridgehead atoms. The number of rotatable bonds is 8. The quantitative estimate of drug-likeness (QED) is 0.375. The van der Waals surface area contributed by atoms with Gasteiger partial charge in [-0.25, -0.2) is 0 Å². The van der Waals surface area contributed by atoms with E-state index in [-0.39, 0.29) is 18.3 Å². The molecule has 3 heterocycles. The number of piperidine rings is 1. The van der Waals surface area contributed by atoms with Gasteiger partial charge in [-0.1, -0.05) is 30.3 Å². The van der Waals surface area contributed by atoms with Gasteiger partial charge in [-0.3, -0.25) is 20.0 Å². The maximum atomic E-state index is 13.1. The molecule has 0 aliphatic carbocycles. The van der Waals surface area contributed by atoms with E-state index in [0.29, 0.717) is 30.0 Å². The van der Waals surface area contributed by atoms with Crippen molar-refractivity contribution in [3.05, 3.63) is 102 Å². The molecule has 5 rings (SSSR count). The normalized spacial score (nSPS) is 18.4. The molecule has 2 N–H and O–H groups in total. The highest BCUT2D eigenvalue weighted by Crippen LogP contribution is 2.26. The van der Waals surface area contributed by atoms with E-state index < -0.39 is 6.23 Å². The molecule has 7 heteroatoms. The van der Waals surface area contributed by atoms with E-state index in [0.717, 1.165) is 23.7 Å². The Balaban J connectivity index is 1.28. The van der Waals surface area contributed by atoms with Crippen molar-refractivity contribution in [1.29, 1.82) is 0 Å². The number of Topliss-reactive ketones (excluding diaryl/α,β-unsaturated/α-hetero) is 1. The number of amides is 1. The summed E-state index contributed by atoms with van der Waals surface area (Å²) in [5, 5.41) is 2.82. The molecule has 1 saturated heterocycles.